The zero-order valence-electron chi connectivity index (χ0n) is 15.9. The number of amides is 1. The molecule has 4 aromatic rings. The molecule has 5 nitrogen and oxygen atoms in total. The molecule has 4 rings (SSSR count). The van der Waals surface area contributed by atoms with Crippen LogP contribution in [0.15, 0.2) is 67.0 Å². The van der Waals surface area contributed by atoms with Gasteiger partial charge in [0.1, 0.15) is 0 Å². The van der Waals surface area contributed by atoms with Crippen LogP contribution >= 0.6 is 11.3 Å². The largest absolute Gasteiger partial charge is 0.387 e. The van der Waals surface area contributed by atoms with Crippen LogP contribution in [-0.4, -0.2) is 24.2 Å². The van der Waals surface area contributed by atoms with Gasteiger partial charge in [0.2, 0.25) is 5.91 Å². The highest BCUT2D eigenvalue weighted by atomic mass is 32.1. The Labute approximate surface area is 172 Å². The van der Waals surface area contributed by atoms with E-state index in [0.29, 0.717) is 5.69 Å². The van der Waals surface area contributed by atoms with Gasteiger partial charge in [-0.25, -0.2) is 0 Å². The number of anilines is 2. The Morgan fingerprint density at radius 1 is 1.17 bits per heavy atom. The molecule has 0 saturated heterocycles. The van der Waals surface area contributed by atoms with Crippen molar-refractivity contribution >= 4 is 44.9 Å². The van der Waals surface area contributed by atoms with E-state index in [1.54, 1.807) is 23.7 Å². The van der Waals surface area contributed by atoms with Gasteiger partial charge in [-0.1, -0.05) is 24.3 Å². The van der Waals surface area contributed by atoms with Crippen LogP contribution in [0.1, 0.15) is 11.1 Å². The maximum absolute atomic E-state index is 12.5. The predicted octanol–water partition coefficient (Wildman–Crippen LogP) is 5.18. The molecule has 2 aromatic heterocycles. The topological polar surface area (TPSA) is 77.9 Å². The Kier molecular flexibility index (Phi) is 5.35. The third-order valence-corrected chi connectivity index (χ3v) is 5.79. The summed E-state index contributed by atoms with van der Waals surface area (Å²) in [6.45, 7) is 0. The molecule has 0 aliphatic heterocycles. The quantitative estimate of drug-likeness (QED) is 0.390. The van der Waals surface area contributed by atoms with Crippen LogP contribution in [0, 0.1) is 5.41 Å². The number of fused-ring (bicyclic) bond motifs is 1. The van der Waals surface area contributed by atoms with Gasteiger partial charge < -0.3 is 16.0 Å². The first-order valence-electron chi connectivity index (χ1n) is 9.22. The van der Waals surface area contributed by atoms with Crippen molar-refractivity contribution in [3.8, 4) is 10.4 Å². The number of thiophene rings is 1. The van der Waals surface area contributed by atoms with Gasteiger partial charge >= 0.3 is 0 Å². The van der Waals surface area contributed by atoms with E-state index in [1.807, 2.05) is 43.4 Å². The second-order valence-electron chi connectivity index (χ2n) is 6.62. The van der Waals surface area contributed by atoms with Crippen molar-refractivity contribution in [2.75, 3.05) is 17.7 Å². The summed E-state index contributed by atoms with van der Waals surface area (Å²) in [5.41, 5.74) is 4.08. The molecule has 2 aromatic carbocycles. The summed E-state index contributed by atoms with van der Waals surface area (Å²) in [7, 11) is 1.85. The van der Waals surface area contributed by atoms with Crippen molar-refractivity contribution in [2.24, 2.45) is 0 Å². The van der Waals surface area contributed by atoms with E-state index in [1.165, 1.54) is 16.3 Å². The number of rotatable bonds is 6. The molecule has 6 heteroatoms. The van der Waals surface area contributed by atoms with Crippen LogP contribution in [0.2, 0.25) is 0 Å². The zero-order chi connectivity index (χ0) is 20.2. The molecule has 0 unspecified atom stereocenters. The highest BCUT2D eigenvalue weighted by molar-refractivity contribution is 7.22. The van der Waals surface area contributed by atoms with Crippen molar-refractivity contribution < 1.29 is 4.79 Å². The van der Waals surface area contributed by atoms with Crippen LogP contribution < -0.4 is 10.6 Å². The number of hydrogen-bond acceptors (Lipinski definition) is 5. The first kappa shape index (κ1) is 18.8. The minimum Gasteiger partial charge on any atom is -0.387 e. The molecule has 1 amide bonds. The fourth-order valence-electron chi connectivity index (χ4n) is 3.33. The lowest BCUT2D eigenvalue weighted by Crippen LogP contribution is -2.15. The highest BCUT2D eigenvalue weighted by Gasteiger charge is 2.14. The number of nitrogens with one attached hydrogen (secondary N) is 3. The monoisotopic (exact) mass is 400 g/mol. The summed E-state index contributed by atoms with van der Waals surface area (Å²) in [6, 6.07) is 17.9. The van der Waals surface area contributed by atoms with Crippen molar-refractivity contribution in [1.82, 2.24) is 4.98 Å². The summed E-state index contributed by atoms with van der Waals surface area (Å²) < 4.78 is 1.20. The second kappa shape index (κ2) is 8.24. The van der Waals surface area contributed by atoms with E-state index in [2.05, 4.69) is 33.8 Å². The Morgan fingerprint density at radius 3 is 2.76 bits per heavy atom. The third-order valence-electron chi connectivity index (χ3n) is 4.64. The summed E-state index contributed by atoms with van der Waals surface area (Å²) in [5, 5.41) is 15.2. The van der Waals surface area contributed by atoms with E-state index in [9.17, 15) is 4.79 Å². The first-order chi connectivity index (χ1) is 14.2. The number of carbonyl (C=O) groups is 1. The van der Waals surface area contributed by atoms with Gasteiger partial charge in [0.25, 0.3) is 0 Å². The van der Waals surface area contributed by atoms with Gasteiger partial charge in [-0.05, 0) is 41.3 Å². The van der Waals surface area contributed by atoms with Crippen molar-refractivity contribution in [3.63, 3.8) is 0 Å². The highest BCUT2D eigenvalue weighted by Crippen LogP contribution is 2.40. The fraction of sp³-hybridized carbons (Fsp3) is 0.0870. The molecule has 0 aliphatic rings. The van der Waals surface area contributed by atoms with Crippen LogP contribution in [0.3, 0.4) is 0 Å². The number of nitrogens with zero attached hydrogens (tertiary/aromatic N) is 1. The molecule has 0 saturated carbocycles. The van der Waals surface area contributed by atoms with Gasteiger partial charge in [0, 0.05) is 52.0 Å². The van der Waals surface area contributed by atoms with Crippen LogP contribution in [0.5, 0.6) is 0 Å². The second-order valence-corrected chi connectivity index (χ2v) is 7.70. The van der Waals surface area contributed by atoms with E-state index in [-0.39, 0.29) is 12.3 Å². The Morgan fingerprint density at radius 2 is 2.03 bits per heavy atom. The Balaban J connectivity index is 1.71. The normalized spacial score (nSPS) is 10.7. The SMILES string of the molecule is CNc1c(C=N)cc(NC(=O)Cc2cccnc2)cc1-c1cc2ccccc2s1. The molecular weight excluding hydrogens is 380 g/mol. The van der Waals surface area contributed by atoms with Crippen molar-refractivity contribution in [2.45, 2.75) is 6.42 Å². The standard InChI is InChI=1S/C23H20N4OS/c1-25-23-17(13-24)10-18(27-22(28)9-15-5-4-8-26-14-15)12-19(23)21-11-16-6-2-3-7-20(16)29-21/h2-8,10-14,24-25H,9H2,1H3,(H,27,28). The van der Waals surface area contributed by atoms with Gasteiger partial charge in [-0.15, -0.1) is 11.3 Å². The van der Waals surface area contributed by atoms with E-state index in [4.69, 9.17) is 5.41 Å². The molecule has 144 valence electrons. The Bertz CT molecular complexity index is 1150. The minimum atomic E-state index is -0.117. The van der Waals surface area contributed by atoms with Crippen molar-refractivity contribution in [3.05, 3.63) is 78.1 Å². The average Bonchev–Trinajstić information content (AvgIpc) is 3.18. The van der Waals surface area contributed by atoms with Crippen molar-refractivity contribution in [1.29, 1.82) is 5.41 Å². The summed E-state index contributed by atoms with van der Waals surface area (Å²) >= 11 is 1.69. The molecule has 3 N–H and O–H groups in total. The molecule has 0 aliphatic carbocycles. The molecule has 0 radical (unpaired) electrons. The number of aromatic nitrogens is 1. The van der Waals surface area contributed by atoms with Gasteiger partial charge in [0.05, 0.1) is 12.1 Å². The molecule has 0 bridgehead atoms. The van der Waals surface area contributed by atoms with Crippen LogP contribution in [0.25, 0.3) is 20.5 Å². The first-order valence-corrected chi connectivity index (χ1v) is 10.0. The van der Waals surface area contributed by atoms with Crippen LogP contribution in [-0.2, 0) is 11.2 Å². The van der Waals surface area contributed by atoms with Gasteiger partial charge in [0.15, 0.2) is 0 Å². The van der Waals surface area contributed by atoms with Gasteiger partial charge in [-0.3, -0.25) is 9.78 Å². The molecule has 0 atom stereocenters. The number of benzene rings is 2. The minimum absolute atomic E-state index is 0.117. The van der Waals surface area contributed by atoms with Crippen LogP contribution in [0.4, 0.5) is 11.4 Å². The summed E-state index contributed by atoms with van der Waals surface area (Å²) in [4.78, 5) is 17.7. The lowest BCUT2D eigenvalue weighted by molar-refractivity contribution is -0.115. The molecule has 29 heavy (non-hydrogen) atoms. The zero-order valence-corrected chi connectivity index (χ0v) is 16.7. The number of hydrogen-bond donors (Lipinski definition) is 3. The maximum Gasteiger partial charge on any atom is 0.228 e. The smallest absolute Gasteiger partial charge is 0.228 e. The number of carbonyl (C=O) groups excluding carboxylic acids is 1. The molecule has 0 spiro atoms. The molecule has 2 heterocycles. The van der Waals surface area contributed by atoms with E-state index in [0.717, 1.165) is 27.3 Å². The van der Waals surface area contributed by atoms with Gasteiger partial charge in [-0.2, -0.15) is 0 Å². The lowest BCUT2D eigenvalue weighted by atomic mass is 10.0. The van der Waals surface area contributed by atoms with E-state index >= 15 is 0 Å². The predicted molar refractivity (Wildman–Crippen MR) is 121 cm³/mol. The van der Waals surface area contributed by atoms with E-state index < -0.39 is 0 Å². The molecule has 0 fully saturated rings. The average molecular weight is 401 g/mol. The summed E-state index contributed by atoms with van der Waals surface area (Å²) in [6.07, 6.45) is 4.93. The Hall–Kier alpha value is -3.51. The maximum atomic E-state index is 12.5. The summed E-state index contributed by atoms with van der Waals surface area (Å²) in [5.74, 6) is -0.117. The number of pyridine rings is 1. The molecular formula is C23H20N4OS. The fourth-order valence-corrected chi connectivity index (χ4v) is 4.42. The third kappa shape index (κ3) is 4.02. The lowest BCUT2D eigenvalue weighted by Gasteiger charge is -2.15.